The molecular formula is C17H22N6O4S. The number of fused-ring (bicyclic) bond motifs is 1. The lowest BCUT2D eigenvalue weighted by atomic mass is 10.1. The molecule has 1 aromatic heterocycles. The normalized spacial score (nSPS) is 16.0. The third-order valence-corrected chi connectivity index (χ3v) is 5.52. The molecule has 2 heterocycles. The number of ether oxygens (including phenoxy) is 1. The number of carbonyl (C=O) groups is 1. The van der Waals surface area contributed by atoms with Crippen LogP contribution in [0.2, 0.25) is 0 Å². The number of hydrogen-bond acceptors (Lipinski definition) is 9. The summed E-state index contributed by atoms with van der Waals surface area (Å²) in [7, 11) is 0.139. The van der Waals surface area contributed by atoms with Crippen LogP contribution in [0, 0.1) is 0 Å². The van der Waals surface area contributed by atoms with Gasteiger partial charge in [-0.05, 0) is 37.1 Å². The number of sulfonamides is 1. The van der Waals surface area contributed by atoms with Crippen LogP contribution in [0.4, 0.5) is 17.6 Å². The van der Waals surface area contributed by atoms with E-state index in [9.17, 15) is 13.2 Å². The molecule has 0 spiro atoms. The maximum Gasteiger partial charge on any atom is 0.338 e. The minimum atomic E-state index is -3.38. The van der Waals surface area contributed by atoms with Gasteiger partial charge in [-0.15, -0.1) is 0 Å². The lowest BCUT2D eigenvalue weighted by molar-refractivity contribution is 0.0462. The van der Waals surface area contributed by atoms with Crippen LogP contribution in [0.15, 0.2) is 18.2 Å². The van der Waals surface area contributed by atoms with Crippen LogP contribution in [-0.4, -0.2) is 55.7 Å². The van der Waals surface area contributed by atoms with Crippen molar-refractivity contribution in [2.45, 2.75) is 26.0 Å². The highest BCUT2D eigenvalue weighted by Gasteiger charge is 2.32. The van der Waals surface area contributed by atoms with Crippen LogP contribution < -0.4 is 14.9 Å². The molecule has 0 bridgehead atoms. The molecule has 0 radical (unpaired) electrons. The predicted octanol–water partition coefficient (Wildman–Crippen LogP) is 0.587. The van der Waals surface area contributed by atoms with E-state index in [1.807, 2.05) is 6.92 Å². The van der Waals surface area contributed by atoms with Crippen molar-refractivity contribution in [2.75, 3.05) is 35.3 Å². The third kappa shape index (κ3) is 3.98. The van der Waals surface area contributed by atoms with Gasteiger partial charge in [0.05, 0.1) is 17.5 Å². The average molecular weight is 406 g/mol. The smallest absolute Gasteiger partial charge is 0.338 e. The standard InChI is InChI=1S/C17H22N6O4S/c1-10-7-12-8-11(5-6-13(12)23(10)28(4,25)26)15(24)27-9-14-19-16(18)21-17(20-14)22(2)3/h5-6,8,10H,7,9H2,1-4H3,(H2,18,19,20,21)/t10-/m0/s1. The van der Waals surface area contributed by atoms with Crippen LogP contribution in [0.25, 0.3) is 0 Å². The number of esters is 1. The SMILES string of the molecule is C[C@H]1Cc2cc(C(=O)OCc3nc(N)nc(N(C)C)n3)ccc2N1S(C)(=O)=O. The quantitative estimate of drug-likeness (QED) is 0.708. The van der Waals surface area contributed by atoms with E-state index in [4.69, 9.17) is 10.5 Å². The fourth-order valence-corrected chi connectivity index (χ4v) is 4.40. The van der Waals surface area contributed by atoms with Crippen molar-refractivity contribution in [1.82, 2.24) is 15.0 Å². The van der Waals surface area contributed by atoms with Crippen LogP contribution in [-0.2, 0) is 27.8 Å². The molecule has 11 heteroatoms. The lowest BCUT2D eigenvalue weighted by Gasteiger charge is -2.21. The summed E-state index contributed by atoms with van der Waals surface area (Å²) in [4.78, 5) is 26.2. The van der Waals surface area contributed by atoms with Crippen molar-refractivity contribution >= 4 is 33.6 Å². The van der Waals surface area contributed by atoms with Gasteiger partial charge in [-0.2, -0.15) is 15.0 Å². The van der Waals surface area contributed by atoms with Crippen molar-refractivity contribution in [3.8, 4) is 0 Å². The molecule has 1 atom stereocenters. The van der Waals surface area contributed by atoms with E-state index in [2.05, 4.69) is 15.0 Å². The van der Waals surface area contributed by atoms with Crippen LogP contribution in [0.1, 0.15) is 28.7 Å². The zero-order valence-electron chi connectivity index (χ0n) is 16.1. The number of aromatic nitrogens is 3. The highest BCUT2D eigenvalue weighted by molar-refractivity contribution is 7.92. The summed E-state index contributed by atoms with van der Waals surface area (Å²) in [5.41, 5.74) is 7.36. The molecule has 0 unspecified atom stereocenters. The van der Waals surface area contributed by atoms with Gasteiger partial charge in [0.25, 0.3) is 0 Å². The van der Waals surface area contributed by atoms with Gasteiger partial charge in [0.2, 0.25) is 21.9 Å². The predicted molar refractivity (Wildman–Crippen MR) is 105 cm³/mol. The van der Waals surface area contributed by atoms with Crippen LogP contribution >= 0.6 is 0 Å². The summed E-state index contributed by atoms with van der Waals surface area (Å²) in [6.07, 6.45) is 1.70. The number of hydrogen-bond donors (Lipinski definition) is 1. The van der Waals surface area contributed by atoms with E-state index < -0.39 is 16.0 Å². The second-order valence-electron chi connectivity index (χ2n) is 6.84. The molecule has 0 saturated heterocycles. The van der Waals surface area contributed by atoms with Gasteiger partial charge in [0.15, 0.2) is 12.4 Å². The number of rotatable bonds is 5. The Morgan fingerprint density at radius 3 is 2.68 bits per heavy atom. The lowest BCUT2D eigenvalue weighted by Crippen LogP contribution is -2.34. The molecule has 2 aromatic rings. The van der Waals surface area contributed by atoms with Gasteiger partial charge < -0.3 is 15.4 Å². The largest absolute Gasteiger partial charge is 0.454 e. The fraction of sp³-hybridized carbons (Fsp3) is 0.412. The van der Waals surface area contributed by atoms with E-state index >= 15 is 0 Å². The van der Waals surface area contributed by atoms with E-state index in [0.29, 0.717) is 23.6 Å². The van der Waals surface area contributed by atoms with Crippen molar-refractivity contribution in [2.24, 2.45) is 0 Å². The first-order chi connectivity index (χ1) is 13.1. The Morgan fingerprint density at radius 1 is 1.32 bits per heavy atom. The summed E-state index contributed by atoms with van der Waals surface area (Å²) in [6, 6.07) is 4.63. The van der Waals surface area contributed by atoms with Crippen molar-refractivity contribution < 1.29 is 17.9 Å². The number of nitrogen functional groups attached to an aromatic ring is 1. The second-order valence-corrected chi connectivity index (χ2v) is 8.70. The van der Waals surface area contributed by atoms with E-state index in [-0.39, 0.29) is 24.4 Å². The Kier molecular flexibility index (Phi) is 5.11. The molecule has 0 amide bonds. The Morgan fingerprint density at radius 2 is 2.04 bits per heavy atom. The Balaban J connectivity index is 1.76. The molecule has 0 aliphatic carbocycles. The molecular weight excluding hydrogens is 384 g/mol. The second kappa shape index (κ2) is 7.23. The van der Waals surface area contributed by atoms with Crippen LogP contribution in [0.5, 0.6) is 0 Å². The van der Waals surface area contributed by atoms with Gasteiger partial charge in [-0.25, -0.2) is 13.2 Å². The monoisotopic (exact) mass is 406 g/mol. The first-order valence-corrected chi connectivity index (χ1v) is 10.4. The van der Waals surface area contributed by atoms with E-state index in [1.165, 1.54) is 10.6 Å². The summed E-state index contributed by atoms with van der Waals surface area (Å²) in [5.74, 6) is 0.0873. The maximum absolute atomic E-state index is 12.4. The summed E-state index contributed by atoms with van der Waals surface area (Å²) < 4.78 is 30.6. The number of benzene rings is 1. The third-order valence-electron chi connectivity index (χ3n) is 4.25. The Hall–Kier alpha value is -2.95. The highest BCUT2D eigenvalue weighted by atomic mass is 32.2. The highest BCUT2D eigenvalue weighted by Crippen LogP contribution is 2.34. The molecule has 28 heavy (non-hydrogen) atoms. The molecule has 3 rings (SSSR count). The van der Waals surface area contributed by atoms with Gasteiger partial charge in [-0.1, -0.05) is 0 Å². The number of anilines is 3. The van der Waals surface area contributed by atoms with Crippen LogP contribution in [0.3, 0.4) is 0 Å². The van der Waals surface area contributed by atoms with Gasteiger partial charge >= 0.3 is 5.97 Å². The number of carbonyl (C=O) groups excluding carboxylic acids is 1. The fourth-order valence-electron chi connectivity index (χ4n) is 3.14. The zero-order chi connectivity index (χ0) is 20.6. The minimum Gasteiger partial charge on any atom is -0.454 e. The number of nitrogens with zero attached hydrogens (tertiary/aromatic N) is 5. The topological polar surface area (TPSA) is 132 Å². The zero-order valence-corrected chi connectivity index (χ0v) is 16.9. The molecule has 150 valence electrons. The Labute approximate surface area is 163 Å². The summed E-state index contributed by atoms with van der Waals surface area (Å²) in [6.45, 7) is 1.67. The van der Waals surface area contributed by atoms with Crippen molar-refractivity contribution in [3.63, 3.8) is 0 Å². The molecule has 1 aliphatic rings. The van der Waals surface area contributed by atoms with Gasteiger partial charge in [-0.3, -0.25) is 4.31 Å². The van der Waals surface area contributed by atoms with Gasteiger partial charge in [0, 0.05) is 20.1 Å². The maximum atomic E-state index is 12.4. The summed E-state index contributed by atoms with van der Waals surface area (Å²) >= 11 is 0. The van der Waals surface area contributed by atoms with Gasteiger partial charge in [0.1, 0.15) is 0 Å². The van der Waals surface area contributed by atoms with E-state index in [0.717, 1.165) is 5.56 Å². The summed E-state index contributed by atoms with van der Waals surface area (Å²) in [5, 5.41) is 0. The Bertz CT molecular complexity index is 1020. The molecule has 0 saturated carbocycles. The minimum absolute atomic E-state index is 0.0390. The first kappa shape index (κ1) is 19.8. The van der Waals surface area contributed by atoms with Crippen molar-refractivity contribution in [1.29, 1.82) is 0 Å². The molecule has 1 aliphatic heterocycles. The molecule has 0 fully saturated rings. The molecule has 1 aromatic carbocycles. The number of nitrogens with two attached hydrogens (primary N) is 1. The van der Waals surface area contributed by atoms with Crippen molar-refractivity contribution in [3.05, 3.63) is 35.2 Å². The van der Waals surface area contributed by atoms with E-state index in [1.54, 1.807) is 37.2 Å². The molecule has 10 nitrogen and oxygen atoms in total. The molecule has 2 N–H and O–H groups in total. The average Bonchev–Trinajstić information content (AvgIpc) is 2.94. The first-order valence-electron chi connectivity index (χ1n) is 8.53.